The van der Waals surface area contributed by atoms with Gasteiger partial charge in [0.15, 0.2) is 0 Å². The predicted octanol–water partition coefficient (Wildman–Crippen LogP) is 3.21. The fourth-order valence-electron chi connectivity index (χ4n) is 2.01. The van der Waals surface area contributed by atoms with Gasteiger partial charge in [-0.05, 0) is 51.3 Å². The summed E-state index contributed by atoms with van der Waals surface area (Å²) in [6, 6.07) is 9.87. The van der Waals surface area contributed by atoms with Crippen LogP contribution in [-0.2, 0) is 0 Å². The minimum Gasteiger partial charge on any atom is -0.309 e. The maximum Gasteiger partial charge on any atom is 0.0589 e. The molecule has 0 fully saturated rings. The predicted molar refractivity (Wildman–Crippen MR) is 78.5 cm³/mol. The highest BCUT2D eigenvalue weighted by Crippen LogP contribution is 2.25. The highest BCUT2D eigenvalue weighted by Gasteiger charge is 2.16. The molecule has 2 aromatic rings. The number of aromatic nitrogens is 2. The van der Waals surface area contributed by atoms with Crippen molar-refractivity contribution in [1.29, 1.82) is 0 Å². The van der Waals surface area contributed by atoms with Crippen LogP contribution in [0.15, 0.2) is 42.7 Å². The Hall–Kier alpha value is -1.45. The van der Waals surface area contributed by atoms with Gasteiger partial charge in [-0.2, -0.15) is 0 Å². The second kappa shape index (κ2) is 6.64. The first-order valence-electron chi connectivity index (χ1n) is 6.34. The molecule has 0 aliphatic rings. The molecule has 2 aromatic heterocycles. The van der Waals surface area contributed by atoms with E-state index >= 15 is 0 Å². The Bertz CT molecular complexity index is 497. The van der Waals surface area contributed by atoms with Gasteiger partial charge in [0.05, 0.1) is 5.02 Å². The van der Waals surface area contributed by atoms with Crippen LogP contribution in [0.1, 0.15) is 23.7 Å². The molecule has 0 saturated heterocycles. The maximum absolute atomic E-state index is 5.90. The van der Waals surface area contributed by atoms with Crippen LogP contribution in [0.2, 0.25) is 5.02 Å². The highest BCUT2D eigenvalue weighted by atomic mass is 35.5. The Balaban J connectivity index is 2.26. The largest absolute Gasteiger partial charge is 0.309 e. The fourth-order valence-corrected chi connectivity index (χ4v) is 2.12. The summed E-state index contributed by atoms with van der Waals surface area (Å²) < 4.78 is 0. The molecule has 0 aromatic carbocycles. The normalized spacial score (nSPS) is 12.6. The Morgan fingerprint density at radius 2 is 1.89 bits per heavy atom. The SMILES string of the molecule is CN(C)CC[C@H](c1ccccn1)c1ccc(Cl)cn1. The summed E-state index contributed by atoms with van der Waals surface area (Å²) in [6.07, 6.45) is 4.51. The molecular weight excluding hydrogens is 258 g/mol. The van der Waals surface area contributed by atoms with Crippen molar-refractivity contribution in [3.63, 3.8) is 0 Å². The zero-order valence-electron chi connectivity index (χ0n) is 11.3. The molecule has 0 N–H and O–H groups in total. The number of nitrogens with zero attached hydrogens (tertiary/aromatic N) is 3. The van der Waals surface area contributed by atoms with Crippen LogP contribution < -0.4 is 0 Å². The van der Waals surface area contributed by atoms with Crippen molar-refractivity contribution < 1.29 is 0 Å². The van der Waals surface area contributed by atoms with E-state index in [2.05, 4.69) is 35.0 Å². The Kier molecular flexibility index (Phi) is 4.88. The van der Waals surface area contributed by atoms with Gasteiger partial charge in [-0.1, -0.05) is 17.7 Å². The van der Waals surface area contributed by atoms with E-state index in [0.717, 1.165) is 24.4 Å². The van der Waals surface area contributed by atoms with E-state index in [0.29, 0.717) is 5.02 Å². The van der Waals surface area contributed by atoms with Crippen LogP contribution in [0, 0.1) is 0 Å². The van der Waals surface area contributed by atoms with Crippen molar-refractivity contribution >= 4 is 11.6 Å². The summed E-state index contributed by atoms with van der Waals surface area (Å²) in [4.78, 5) is 11.1. The monoisotopic (exact) mass is 275 g/mol. The molecule has 4 heteroatoms. The first-order chi connectivity index (χ1) is 9.16. The van der Waals surface area contributed by atoms with Gasteiger partial charge in [-0.25, -0.2) is 0 Å². The lowest BCUT2D eigenvalue weighted by molar-refractivity contribution is 0.388. The van der Waals surface area contributed by atoms with Gasteiger partial charge in [0.25, 0.3) is 0 Å². The topological polar surface area (TPSA) is 29.0 Å². The zero-order chi connectivity index (χ0) is 13.7. The molecule has 0 bridgehead atoms. The number of pyridine rings is 2. The van der Waals surface area contributed by atoms with Gasteiger partial charge in [0.1, 0.15) is 0 Å². The van der Waals surface area contributed by atoms with Gasteiger partial charge in [0.2, 0.25) is 0 Å². The van der Waals surface area contributed by atoms with Crippen LogP contribution >= 0.6 is 11.6 Å². The first kappa shape index (κ1) is 14.0. The number of hydrogen-bond donors (Lipinski definition) is 0. The average molecular weight is 276 g/mol. The van der Waals surface area contributed by atoms with Crippen molar-refractivity contribution in [3.8, 4) is 0 Å². The molecule has 0 saturated carbocycles. The minimum absolute atomic E-state index is 0.209. The summed E-state index contributed by atoms with van der Waals surface area (Å²) in [6.45, 7) is 0.992. The minimum atomic E-state index is 0.209. The van der Waals surface area contributed by atoms with Crippen LogP contribution in [0.25, 0.3) is 0 Å². The number of rotatable bonds is 5. The van der Waals surface area contributed by atoms with E-state index in [1.807, 2.05) is 30.5 Å². The van der Waals surface area contributed by atoms with Crippen LogP contribution in [-0.4, -0.2) is 35.5 Å². The second-order valence-electron chi connectivity index (χ2n) is 4.80. The standard InChI is InChI=1S/C15H18ClN3/c1-19(2)10-8-13(14-5-3-4-9-17-14)15-7-6-12(16)11-18-15/h3-7,9,11,13H,8,10H2,1-2H3/t13-/m1/s1. The van der Waals surface area contributed by atoms with Gasteiger partial charge in [0, 0.05) is 29.7 Å². The molecule has 100 valence electrons. The molecule has 2 rings (SSSR count). The molecule has 0 unspecified atom stereocenters. The highest BCUT2D eigenvalue weighted by molar-refractivity contribution is 6.30. The lowest BCUT2D eigenvalue weighted by Crippen LogP contribution is -2.17. The lowest BCUT2D eigenvalue weighted by Gasteiger charge is -2.18. The summed E-state index contributed by atoms with van der Waals surface area (Å²) in [7, 11) is 4.15. The van der Waals surface area contributed by atoms with Gasteiger partial charge < -0.3 is 4.90 Å². The molecule has 2 heterocycles. The summed E-state index contributed by atoms with van der Waals surface area (Å²) in [5, 5.41) is 0.663. The van der Waals surface area contributed by atoms with E-state index in [4.69, 9.17) is 11.6 Å². The molecule has 19 heavy (non-hydrogen) atoms. The van der Waals surface area contributed by atoms with Gasteiger partial charge in [-0.15, -0.1) is 0 Å². The molecular formula is C15H18ClN3. The third-order valence-corrected chi connectivity index (χ3v) is 3.24. The summed E-state index contributed by atoms with van der Waals surface area (Å²) >= 11 is 5.90. The molecule has 0 radical (unpaired) electrons. The molecule has 0 amide bonds. The van der Waals surface area contributed by atoms with Crippen LogP contribution in [0.4, 0.5) is 0 Å². The van der Waals surface area contributed by atoms with Crippen LogP contribution in [0.3, 0.4) is 0 Å². The van der Waals surface area contributed by atoms with E-state index in [-0.39, 0.29) is 5.92 Å². The van der Waals surface area contributed by atoms with E-state index in [1.165, 1.54) is 0 Å². The van der Waals surface area contributed by atoms with E-state index < -0.39 is 0 Å². The summed E-state index contributed by atoms with van der Waals surface area (Å²) in [5.74, 6) is 0.209. The van der Waals surface area contributed by atoms with E-state index in [1.54, 1.807) is 6.20 Å². The third kappa shape index (κ3) is 4.01. The quantitative estimate of drug-likeness (QED) is 0.839. The smallest absolute Gasteiger partial charge is 0.0589 e. The fraction of sp³-hybridized carbons (Fsp3) is 0.333. The Morgan fingerprint density at radius 1 is 1.11 bits per heavy atom. The molecule has 3 nitrogen and oxygen atoms in total. The van der Waals surface area contributed by atoms with E-state index in [9.17, 15) is 0 Å². The van der Waals surface area contributed by atoms with Gasteiger partial charge >= 0.3 is 0 Å². The number of halogens is 1. The second-order valence-corrected chi connectivity index (χ2v) is 5.24. The average Bonchev–Trinajstić information content (AvgIpc) is 2.42. The maximum atomic E-state index is 5.90. The number of hydrogen-bond acceptors (Lipinski definition) is 3. The van der Waals surface area contributed by atoms with Crippen LogP contribution in [0.5, 0.6) is 0 Å². The van der Waals surface area contributed by atoms with Crippen molar-refractivity contribution in [1.82, 2.24) is 14.9 Å². The summed E-state index contributed by atoms with van der Waals surface area (Å²) in [5.41, 5.74) is 2.07. The molecule has 1 atom stereocenters. The lowest BCUT2D eigenvalue weighted by atomic mass is 9.96. The zero-order valence-corrected chi connectivity index (χ0v) is 12.0. The van der Waals surface area contributed by atoms with Crippen molar-refractivity contribution in [3.05, 3.63) is 59.1 Å². The first-order valence-corrected chi connectivity index (χ1v) is 6.71. The third-order valence-electron chi connectivity index (χ3n) is 3.02. The molecule has 0 aliphatic carbocycles. The van der Waals surface area contributed by atoms with Crippen molar-refractivity contribution in [2.75, 3.05) is 20.6 Å². The van der Waals surface area contributed by atoms with Crippen molar-refractivity contribution in [2.45, 2.75) is 12.3 Å². The molecule has 0 spiro atoms. The van der Waals surface area contributed by atoms with Gasteiger partial charge in [-0.3, -0.25) is 9.97 Å². The Labute approximate surface area is 119 Å². The van der Waals surface area contributed by atoms with Crippen molar-refractivity contribution in [2.24, 2.45) is 0 Å². The molecule has 0 aliphatic heterocycles. The Morgan fingerprint density at radius 3 is 2.47 bits per heavy atom.